The maximum Gasteiger partial charge on any atom is 0.335 e. The van der Waals surface area contributed by atoms with E-state index < -0.39 is 17.8 Å². The number of aryl methyl sites for hydroxylation is 1. The van der Waals surface area contributed by atoms with Gasteiger partial charge in [-0.2, -0.15) is 0 Å². The molecule has 2 heterocycles. The van der Waals surface area contributed by atoms with Crippen LogP contribution in [0, 0.1) is 6.92 Å². The van der Waals surface area contributed by atoms with Crippen molar-refractivity contribution in [2.45, 2.75) is 20.8 Å². The highest BCUT2D eigenvalue weighted by Crippen LogP contribution is 2.27. The fourth-order valence-electron chi connectivity index (χ4n) is 2.93. The Balaban J connectivity index is 1.95. The number of barbiturate groups is 1. The monoisotopic (exact) mass is 445 g/mol. The fraction of sp³-hybridized carbons (Fsp3) is 0.250. The summed E-state index contributed by atoms with van der Waals surface area (Å²) in [5.41, 5.74) is 1.07. The van der Waals surface area contributed by atoms with Crippen LogP contribution in [0.3, 0.4) is 0 Å². The normalized spacial score (nSPS) is 15.9. The lowest BCUT2D eigenvalue weighted by Gasteiger charge is -2.26. The number of hydrogen-bond donors (Lipinski definition) is 1. The smallest absolute Gasteiger partial charge is 0.335 e. The van der Waals surface area contributed by atoms with Gasteiger partial charge in [0, 0.05) is 23.6 Å². The van der Waals surface area contributed by atoms with Crippen molar-refractivity contribution in [1.82, 2.24) is 5.32 Å². The van der Waals surface area contributed by atoms with Gasteiger partial charge < -0.3 is 9.32 Å². The first-order chi connectivity index (χ1) is 13.3. The quantitative estimate of drug-likeness (QED) is 0.557. The molecule has 0 spiro atoms. The Labute approximate surface area is 171 Å². The first-order valence-corrected chi connectivity index (χ1v) is 9.67. The molecule has 7 nitrogen and oxygen atoms in total. The van der Waals surface area contributed by atoms with Crippen molar-refractivity contribution in [2.24, 2.45) is 0 Å². The molecule has 146 valence electrons. The standard InChI is InChI=1S/C20H20BrN3O4/c1-4-23(5-2)17-9-7-14(28-17)11-15-18(25)22-20(27)24(19(15)26)13-6-8-16(21)12(3)10-13/h6-11H,4-5H2,1-3H3,(H,22,25,27). The number of amides is 4. The van der Waals surface area contributed by atoms with Crippen LogP contribution in [0.5, 0.6) is 0 Å². The van der Waals surface area contributed by atoms with Gasteiger partial charge in [-0.05, 0) is 56.7 Å². The summed E-state index contributed by atoms with van der Waals surface area (Å²) in [5, 5.41) is 2.21. The molecule has 1 saturated heterocycles. The van der Waals surface area contributed by atoms with Gasteiger partial charge in [0.15, 0.2) is 5.88 Å². The number of furan rings is 1. The van der Waals surface area contributed by atoms with Crippen LogP contribution < -0.4 is 15.1 Å². The molecule has 0 aliphatic carbocycles. The minimum atomic E-state index is -0.780. The average Bonchev–Trinajstić information content (AvgIpc) is 3.11. The van der Waals surface area contributed by atoms with E-state index in [-0.39, 0.29) is 5.57 Å². The summed E-state index contributed by atoms with van der Waals surface area (Å²) in [4.78, 5) is 40.4. The van der Waals surface area contributed by atoms with Gasteiger partial charge in [-0.3, -0.25) is 14.9 Å². The van der Waals surface area contributed by atoms with Crippen LogP contribution in [0.1, 0.15) is 25.2 Å². The lowest BCUT2D eigenvalue weighted by Crippen LogP contribution is -2.54. The Morgan fingerprint density at radius 2 is 1.86 bits per heavy atom. The second kappa shape index (κ2) is 8.02. The van der Waals surface area contributed by atoms with E-state index in [1.807, 2.05) is 25.7 Å². The molecule has 1 N–H and O–H groups in total. The molecular weight excluding hydrogens is 426 g/mol. The Hall–Kier alpha value is -2.87. The molecule has 4 amide bonds. The number of benzene rings is 1. The molecule has 1 aliphatic heterocycles. The van der Waals surface area contributed by atoms with Gasteiger partial charge in [0.2, 0.25) is 0 Å². The second-order valence-electron chi connectivity index (χ2n) is 6.24. The Morgan fingerprint density at radius 1 is 1.14 bits per heavy atom. The molecule has 0 saturated carbocycles. The van der Waals surface area contributed by atoms with Crippen molar-refractivity contribution in [2.75, 3.05) is 22.9 Å². The predicted octanol–water partition coefficient (Wildman–Crippen LogP) is 3.86. The van der Waals surface area contributed by atoms with Crippen LogP contribution in [0.25, 0.3) is 6.08 Å². The van der Waals surface area contributed by atoms with E-state index >= 15 is 0 Å². The van der Waals surface area contributed by atoms with E-state index in [0.717, 1.165) is 28.0 Å². The van der Waals surface area contributed by atoms with E-state index in [4.69, 9.17) is 4.42 Å². The summed E-state index contributed by atoms with van der Waals surface area (Å²) in [7, 11) is 0. The zero-order valence-electron chi connectivity index (χ0n) is 15.8. The summed E-state index contributed by atoms with van der Waals surface area (Å²) in [6.45, 7) is 7.40. The van der Waals surface area contributed by atoms with Gasteiger partial charge in [0.1, 0.15) is 11.3 Å². The van der Waals surface area contributed by atoms with Crippen molar-refractivity contribution in [3.8, 4) is 0 Å². The van der Waals surface area contributed by atoms with Crippen LogP contribution >= 0.6 is 15.9 Å². The molecular formula is C20H20BrN3O4. The summed E-state index contributed by atoms with van der Waals surface area (Å²) in [5.74, 6) is -0.434. The van der Waals surface area contributed by atoms with Gasteiger partial charge in [0.05, 0.1) is 5.69 Å². The molecule has 0 radical (unpaired) electrons. The van der Waals surface area contributed by atoms with Crippen molar-refractivity contribution < 1.29 is 18.8 Å². The van der Waals surface area contributed by atoms with E-state index in [9.17, 15) is 14.4 Å². The number of imide groups is 2. The number of hydrogen-bond acceptors (Lipinski definition) is 5. The number of anilines is 2. The molecule has 0 bridgehead atoms. The van der Waals surface area contributed by atoms with Crippen molar-refractivity contribution >= 4 is 51.4 Å². The number of nitrogens with zero attached hydrogens (tertiary/aromatic N) is 2. The minimum Gasteiger partial charge on any atom is -0.441 e. The number of urea groups is 1. The lowest BCUT2D eigenvalue weighted by molar-refractivity contribution is -0.122. The van der Waals surface area contributed by atoms with Crippen molar-refractivity contribution in [3.63, 3.8) is 0 Å². The first-order valence-electron chi connectivity index (χ1n) is 8.88. The van der Waals surface area contributed by atoms with E-state index in [1.54, 1.807) is 30.3 Å². The van der Waals surface area contributed by atoms with Crippen molar-refractivity contribution in [3.05, 3.63) is 51.7 Å². The fourth-order valence-corrected chi connectivity index (χ4v) is 3.17. The molecule has 28 heavy (non-hydrogen) atoms. The summed E-state index contributed by atoms with van der Waals surface area (Å²) >= 11 is 3.39. The molecule has 8 heteroatoms. The molecule has 1 aliphatic rings. The number of nitrogens with one attached hydrogen (secondary N) is 1. The van der Waals surface area contributed by atoms with Crippen LogP contribution in [-0.2, 0) is 9.59 Å². The van der Waals surface area contributed by atoms with Crippen LogP contribution in [-0.4, -0.2) is 30.9 Å². The van der Waals surface area contributed by atoms with E-state index in [0.29, 0.717) is 17.3 Å². The zero-order chi connectivity index (χ0) is 20.4. The second-order valence-corrected chi connectivity index (χ2v) is 7.09. The largest absolute Gasteiger partial charge is 0.441 e. The highest BCUT2D eigenvalue weighted by atomic mass is 79.9. The van der Waals surface area contributed by atoms with E-state index in [1.165, 1.54) is 6.08 Å². The molecule has 3 rings (SSSR count). The van der Waals surface area contributed by atoms with Crippen LogP contribution in [0.4, 0.5) is 16.4 Å². The first kappa shape index (κ1) is 19.9. The molecule has 1 aromatic heterocycles. The maximum atomic E-state index is 12.9. The number of carbonyl (C=O) groups is 3. The SMILES string of the molecule is CCN(CC)c1ccc(C=C2C(=O)NC(=O)N(c3ccc(Br)c(C)c3)C2=O)o1. The molecule has 1 aromatic carbocycles. The molecule has 2 aromatic rings. The third-order valence-corrected chi connectivity index (χ3v) is 5.37. The van der Waals surface area contributed by atoms with Crippen molar-refractivity contribution in [1.29, 1.82) is 0 Å². The third kappa shape index (κ3) is 3.73. The summed E-state index contributed by atoms with van der Waals surface area (Å²) in [6.07, 6.45) is 1.36. The lowest BCUT2D eigenvalue weighted by atomic mass is 10.1. The Morgan fingerprint density at radius 3 is 2.50 bits per heavy atom. The maximum absolute atomic E-state index is 12.9. The third-order valence-electron chi connectivity index (χ3n) is 4.48. The Kier molecular flexibility index (Phi) is 5.69. The highest BCUT2D eigenvalue weighted by Gasteiger charge is 2.37. The molecule has 0 unspecified atom stereocenters. The minimum absolute atomic E-state index is 0.166. The van der Waals surface area contributed by atoms with Gasteiger partial charge in [-0.15, -0.1) is 0 Å². The summed E-state index contributed by atoms with van der Waals surface area (Å²) < 4.78 is 6.59. The van der Waals surface area contributed by atoms with Gasteiger partial charge in [0.25, 0.3) is 11.8 Å². The molecule has 1 fully saturated rings. The zero-order valence-corrected chi connectivity index (χ0v) is 17.4. The molecule has 0 atom stereocenters. The number of rotatable bonds is 5. The summed E-state index contributed by atoms with van der Waals surface area (Å²) in [6, 6.07) is 7.76. The number of carbonyl (C=O) groups excluding carboxylic acids is 3. The predicted molar refractivity (Wildman–Crippen MR) is 110 cm³/mol. The highest BCUT2D eigenvalue weighted by molar-refractivity contribution is 9.10. The van der Waals surface area contributed by atoms with Gasteiger partial charge in [-0.25, -0.2) is 9.69 Å². The van der Waals surface area contributed by atoms with Gasteiger partial charge in [-0.1, -0.05) is 15.9 Å². The van der Waals surface area contributed by atoms with Gasteiger partial charge >= 0.3 is 6.03 Å². The van der Waals surface area contributed by atoms with Crippen LogP contribution in [0.2, 0.25) is 0 Å². The van der Waals surface area contributed by atoms with E-state index in [2.05, 4.69) is 21.2 Å². The van der Waals surface area contributed by atoms with Crippen LogP contribution in [0.15, 0.2) is 44.8 Å². The topological polar surface area (TPSA) is 82.9 Å². The average molecular weight is 446 g/mol. The Bertz CT molecular complexity index is 976. The number of halogens is 1.